The lowest BCUT2D eigenvalue weighted by Crippen LogP contribution is -2.32. The molecular weight excluding hydrogens is 620 g/mol. The van der Waals surface area contributed by atoms with E-state index in [0.29, 0.717) is 58.8 Å². The normalized spacial score (nSPS) is 11.3. The summed E-state index contributed by atoms with van der Waals surface area (Å²) >= 11 is 0. The standard InChI is InChI=1S/C39H40N4O6/c1-4-34(49-29-13-10-11-25(3)23-29)38(46)42-27-17-19-28(20-18-27)48-35-24-32(36(44)31-15-8-7-14-30(31)35)37(45)41-22-21-26-12-6-9-16-33(26)43-39(47)40-5-2/h6-20,23-24,34,44H,4-5,21-22H2,1-3H3,(H,41,45)(H,42,46)(H2,40,43,47). The van der Waals surface area contributed by atoms with Crippen LogP contribution in [0.1, 0.15) is 41.8 Å². The van der Waals surface area contributed by atoms with Crippen LogP contribution in [0.4, 0.5) is 16.2 Å². The highest BCUT2D eigenvalue weighted by atomic mass is 16.5. The number of urea groups is 1. The van der Waals surface area contributed by atoms with Crippen LogP contribution in [-0.4, -0.2) is 42.1 Å². The Balaban J connectivity index is 1.27. The number of amides is 4. The lowest BCUT2D eigenvalue weighted by molar-refractivity contribution is -0.122. The van der Waals surface area contributed by atoms with Crippen LogP contribution >= 0.6 is 0 Å². The monoisotopic (exact) mass is 660 g/mol. The number of carbonyl (C=O) groups is 3. The zero-order valence-corrected chi connectivity index (χ0v) is 27.7. The smallest absolute Gasteiger partial charge is 0.319 e. The Morgan fingerprint density at radius 2 is 1.51 bits per heavy atom. The summed E-state index contributed by atoms with van der Waals surface area (Å²) in [6.45, 7) is 6.45. The molecule has 0 saturated carbocycles. The molecule has 0 aliphatic rings. The lowest BCUT2D eigenvalue weighted by Gasteiger charge is -2.18. The summed E-state index contributed by atoms with van der Waals surface area (Å²) in [5.74, 6) is 0.591. The van der Waals surface area contributed by atoms with Crippen LogP contribution in [0.25, 0.3) is 10.8 Å². The maximum absolute atomic E-state index is 13.4. The molecule has 0 bridgehead atoms. The summed E-state index contributed by atoms with van der Waals surface area (Å²) in [5.41, 5.74) is 3.18. The number of aromatic hydroxyl groups is 1. The first kappa shape index (κ1) is 34.3. The van der Waals surface area contributed by atoms with E-state index in [2.05, 4.69) is 21.3 Å². The van der Waals surface area contributed by atoms with Crippen LogP contribution in [0.5, 0.6) is 23.0 Å². The van der Waals surface area contributed by atoms with Crippen molar-refractivity contribution in [1.29, 1.82) is 0 Å². The van der Waals surface area contributed by atoms with Crippen molar-refractivity contribution in [1.82, 2.24) is 10.6 Å². The van der Waals surface area contributed by atoms with E-state index in [1.165, 1.54) is 6.07 Å². The second-order valence-corrected chi connectivity index (χ2v) is 11.4. The molecule has 252 valence electrons. The van der Waals surface area contributed by atoms with E-state index in [9.17, 15) is 19.5 Å². The van der Waals surface area contributed by atoms with Gasteiger partial charge < -0.3 is 35.8 Å². The first-order chi connectivity index (χ1) is 23.7. The molecule has 0 aliphatic carbocycles. The van der Waals surface area contributed by atoms with E-state index >= 15 is 0 Å². The summed E-state index contributed by atoms with van der Waals surface area (Å²) in [5, 5.41) is 23.5. The van der Waals surface area contributed by atoms with Gasteiger partial charge in [0.2, 0.25) is 0 Å². The molecule has 0 spiro atoms. The zero-order chi connectivity index (χ0) is 34.8. The molecule has 5 rings (SSSR count). The second kappa shape index (κ2) is 16.2. The number of hydrogen-bond acceptors (Lipinski definition) is 6. The largest absolute Gasteiger partial charge is 0.506 e. The minimum absolute atomic E-state index is 0.0607. The fourth-order valence-electron chi connectivity index (χ4n) is 5.31. The number of aryl methyl sites for hydroxylation is 1. The number of anilines is 2. The molecule has 5 aromatic rings. The molecule has 1 atom stereocenters. The number of carbonyl (C=O) groups excluding carboxylic acids is 3. The zero-order valence-electron chi connectivity index (χ0n) is 27.7. The summed E-state index contributed by atoms with van der Waals surface area (Å²) < 4.78 is 12.2. The van der Waals surface area contributed by atoms with Crippen molar-refractivity contribution in [3.63, 3.8) is 0 Å². The average molecular weight is 661 g/mol. The van der Waals surface area contributed by atoms with Crippen molar-refractivity contribution < 1.29 is 29.0 Å². The fourth-order valence-corrected chi connectivity index (χ4v) is 5.31. The van der Waals surface area contributed by atoms with Gasteiger partial charge in [-0.3, -0.25) is 9.59 Å². The Bertz CT molecular complexity index is 1940. The van der Waals surface area contributed by atoms with Gasteiger partial charge in [-0.15, -0.1) is 0 Å². The molecule has 0 aromatic heterocycles. The van der Waals surface area contributed by atoms with E-state index in [0.717, 1.165) is 11.1 Å². The van der Waals surface area contributed by atoms with Crippen LogP contribution in [-0.2, 0) is 11.2 Å². The van der Waals surface area contributed by atoms with Crippen molar-refractivity contribution in [2.75, 3.05) is 23.7 Å². The Morgan fingerprint density at radius 1 is 0.776 bits per heavy atom. The lowest BCUT2D eigenvalue weighted by atomic mass is 10.0. The molecule has 0 aliphatic heterocycles. The highest BCUT2D eigenvalue weighted by Crippen LogP contribution is 2.38. The fraction of sp³-hybridized carbons (Fsp3) is 0.205. The van der Waals surface area contributed by atoms with Crippen LogP contribution in [0.2, 0.25) is 0 Å². The maximum atomic E-state index is 13.4. The predicted molar refractivity (Wildman–Crippen MR) is 192 cm³/mol. The van der Waals surface area contributed by atoms with Gasteiger partial charge in [-0.05, 0) is 86.3 Å². The van der Waals surface area contributed by atoms with Crippen LogP contribution in [0, 0.1) is 6.92 Å². The highest BCUT2D eigenvalue weighted by Gasteiger charge is 2.20. The number of phenolic OH excluding ortho intramolecular Hbond substituents is 1. The summed E-state index contributed by atoms with van der Waals surface area (Å²) in [4.78, 5) is 38.4. The van der Waals surface area contributed by atoms with Gasteiger partial charge in [-0.2, -0.15) is 0 Å². The van der Waals surface area contributed by atoms with Gasteiger partial charge in [0.15, 0.2) is 6.10 Å². The number of phenols is 1. The summed E-state index contributed by atoms with van der Waals surface area (Å²) in [6.07, 6.45) is 0.281. The number of nitrogens with one attached hydrogen (secondary N) is 4. The minimum Gasteiger partial charge on any atom is -0.506 e. The van der Waals surface area contributed by atoms with Crippen molar-refractivity contribution in [3.05, 3.63) is 120 Å². The third-order valence-corrected chi connectivity index (χ3v) is 7.79. The van der Waals surface area contributed by atoms with E-state index in [1.54, 1.807) is 48.5 Å². The first-order valence-electron chi connectivity index (χ1n) is 16.2. The van der Waals surface area contributed by atoms with E-state index in [-0.39, 0.29) is 29.8 Å². The number of para-hydroxylation sites is 1. The third kappa shape index (κ3) is 8.86. The molecule has 10 nitrogen and oxygen atoms in total. The molecular formula is C39H40N4O6. The van der Waals surface area contributed by atoms with Gasteiger partial charge in [-0.25, -0.2) is 4.79 Å². The Labute approximate surface area is 285 Å². The molecule has 5 N–H and O–H groups in total. The van der Waals surface area contributed by atoms with Crippen molar-refractivity contribution in [2.24, 2.45) is 0 Å². The van der Waals surface area contributed by atoms with Gasteiger partial charge in [0.25, 0.3) is 11.8 Å². The van der Waals surface area contributed by atoms with E-state index in [4.69, 9.17) is 9.47 Å². The summed E-state index contributed by atoms with van der Waals surface area (Å²) in [7, 11) is 0. The Hall–Kier alpha value is -6.03. The van der Waals surface area contributed by atoms with Crippen molar-refractivity contribution >= 4 is 40.0 Å². The maximum Gasteiger partial charge on any atom is 0.319 e. The van der Waals surface area contributed by atoms with Gasteiger partial charge in [0.1, 0.15) is 23.0 Å². The molecule has 0 heterocycles. The van der Waals surface area contributed by atoms with Crippen molar-refractivity contribution in [2.45, 2.75) is 39.7 Å². The average Bonchev–Trinajstić information content (AvgIpc) is 3.10. The molecule has 4 amide bonds. The van der Waals surface area contributed by atoms with E-state index in [1.807, 2.05) is 69.3 Å². The number of rotatable bonds is 13. The quantitative estimate of drug-likeness (QED) is 0.0884. The van der Waals surface area contributed by atoms with E-state index < -0.39 is 12.0 Å². The Morgan fingerprint density at radius 3 is 2.24 bits per heavy atom. The minimum atomic E-state index is -0.663. The van der Waals surface area contributed by atoms with Crippen LogP contribution in [0.3, 0.4) is 0 Å². The molecule has 10 heteroatoms. The van der Waals surface area contributed by atoms with Crippen LogP contribution in [0.15, 0.2) is 103 Å². The highest BCUT2D eigenvalue weighted by molar-refractivity contribution is 6.06. The Kier molecular flexibility index (Phi) is 11.3. The SMILES string of the molecule is CCNC(=O)Nc1ccccc1CCNC(=O)c1cc(Oc2ccc(NC(=O)C(CC)Oc3cccc(C)c3)cc2)c2ccccc2c1O. The number of hydrogen-bond donors (Lipinski definition) is 5. The number of benzene rings is 5. The molecule has 5 aromatic carbocycles. The van der Waals surface area contributed by atoms with Gasteiger partial charge in [-0.1, -0.05) is 61.5 Å². The van der Waals surface area contributed by atoms with Crippen LogP contribution < -0.4 is 30.7 Å². The molecule has 0 radical (unpaired) electrons. The third-order valence-electron chi connectivity index (χ3n) is 7.79. The molecule has 49 heavy (non-hydrogen) atoms. The van der Waals surface area contributed by atoms with Crippen molar-refractivity contribution in [3.8, 4) is 23.0 Å². The van der Waals surface area contributed by atoms with Gasteiger partial charge in [0, 0.05) is 35.2 Å². The molecule has 0 saturated heterocycles. The predicted octanol–water partition coefficient (Wildman–Crippen LogP) is 7.56. The van der Waals surface area contributed by atoms with Gasteiger partial charge >= 0.3 is 6.03 Å². The topological polar surface area (TPSA) is 138 Å². The first-order valence-corrected chi connectivity index (χ1v) is 16.2. The number of fused-ring (bicyclic) bond motifs is 1. The molecule has 0 fully saturated rings. The molecule has 1 unspecified atom stereocenters. The van der Waals surface area contributed by atoms with Gasteiger partial charge in [0.05, 0.1) is 5.56 Å². The summed E-state index contributed by atoms with van der Waals surface area (Å²) in [6, 6.07) is 30.1. The second-order valence-electron chi connectivity index (χ2n) is 11.4. The number of ether oxygens (including phenoxy) is 2.